The number of rotatable bonds is 3. The van der Waals surface area contributed by atoms with Gasteiger partial charge < -0.3 is 15.7 Å². The Kier molecular flexibility index (Phi) is 3.93. The van der Waals surface area contributed by atoms with Crippen LogP contribution in [0, 0.1) is 18.7 Å². The fourth-order valence-electron chi connectivity index (χ4n) is 2.09. The molecule has 18 heavy (non-hydrogen) atoms. The first-order chi connectivity index (χ1) is 8.58. The van der Waals surface area contributed by atoms with Crippen molar-refractivity contribution in [3.63, 3.8) is 0 Å². The van der Waals surface area contributed by atoms with Crippen molar-refractivity contribution in [1.82, 2.24) is 10.6 Å². The summed E-state index contributed by atoms with van der Waals surface area (Å²) in [6, 6.07) is 4.14. The molecule has 5 heteroatoms. The molecule has 1 fully saturated rings. The third kappa shape index (κ3) is 2.86. The molecule has 1 heterocycles. The van der Waals surface area contributed by atoms with Gasteiger partial charge in [-0.3, -0.25) is 4.79 Å². The summed E-state index contributed by atoms with van der Waals surface area (Å²) in [5.41, 5.74) is 1.08. The molecule has 1 saturated heterocycles. The highest BCUT2D eigenvalue weighted by Gasteiger charge is 2.25. The molecular weight excluding hydrogens is 235 g/mol. The molecule has 1 aliphatic rings. The quantitative estimate of drug-likeness (QED) is 0.731. The zero-order chi connectivity index (χ0) is 13.1. The van der Waals surface area contributed by atoms with Gasteiger partial charge in [0, 0.05) is 31.1 Å². The van der Waals surface area contributed by atoms with Crippen molar-refractivity contribution in [1.29, 1.82) is 0 Å². The summed E-state index contributed by atoms with van der Waals surface area (Å²) in [7, 11) is 0. The van der Waals surface area contributed by atoms with Crippen LogP contribution in [-0.4, -0.2) is 36.8 Å². The second-order valence-electron chi connectivity index (χ2n) is 4.65. The van der Waals surface area contributed by atoms with Gasteiger partial charge in [0.1, 0.15) is 5.82 Å². The number of hydrogen-bond acceptors (Lipinski definition) is 3. The highest BCUT2D eigenvalue weighted by atomic mass is 19.1. The van der Waals surface area contributed by atoms with Crippen molar-refractivity contribution >= 4 is 5.91 Å². The van der Waals surface area contributed by atoms with Crippen molar-refractivity contribution < 1.29 is 14.3 Å². The van der Waals surface area contributed by atoms with Gasteiger partial charge in [0.2, 0.25) is 0 Å². The number of hydrogen-bond donors (Lipinski definition) is 3. The Balaban J connectivity index is 1.97. The van der Waals surface area contributed by atoms with E-state index in [1.165, 1.54) is 12.1 Å². The summed E-state index contributed by atoms with van der Waals surface area (Å²) < 4.78 is 13.1. The van der Waals surface area contributed by atoms with Crippen LogP contribution in [0.25, 0.3) is 0 Å². The monoisotopic (exact) mass is 252 g/mol. The number of halogens is 1. The lowest BCUT2D eigenvalue weighted by Crippen LogP contribution is -2.34. The summed E-state index contributed by atoms with van der Waals surface area (Å²) in [6.45, 7) is 3.40. The van der Waals surface area contributed by atoms with Gasteiger partial charge in [-0.25, -0.2) is 4.39 Å². The molecule has 0 radical (unpaired) electrons. The third-order valence-corrected chi connectivity index (χ3v) is 3.27. The number of aliphatic hydroxyl groups excluding tert-OH is 1. The predicted molar refractivity (Wildman–Crippen MR) is 65.8 cm³/mol. The van der Waals surface area contributed by atoms with Crippen molar-refractivity contribution in [2.24, 2.45) is 5.92 Å². The minimum absolute atomic E-state index is 0.0165. The predicted octanol–water partition coefficient (Wildman–Crippen LogP) is 0.444. The Labute approximate surface area is 105 Å². The van der Waals surface area contributed by atoms with Crippen LogP contribution in [0.5, 0.6) is 0 Å². The lowest BCUT2D eigenvalue weighted by Gasteiger charge is -2.14. The number of β-amino-alcohol motifs (C(OH)–C–C–N with tert-alkyl or cyclic N) is 1. The van der Waals surface area contributed by atoms with E-state index in [0.717, 1.165) is 5.56 Å². The minimum atomic E-state index is -0.432. The van der Waals surface area contributed by atoms with Gasteiger partial charge in [-0.05, 0) is 24.6 Å². The van der Waals surface area contributed by atoms with Crippen molar-refractivity contribution in [3.05, 3.63) is 35.1 Å². The molecule has 2 rings (SSSR count). The second kappa shape index (κ2) is 5.46. The Morgan fingerprint density at radius 3 is 3.00 bits per heavy atom. The molecule has 2 atom stereocenters. The van der Waals surface area contributed by atoms with E-state index in [1.807, 2.05) is 0 Å². The van der Waals surface area contributed by atoms with Crippen LogP contribution in [0.1, 0.15) is 15.9 Å². The van der Waals surface area contributed by atoms with Gasteiger partial charge in [0.25, 0.3) is 5.91 Å². The minimum Gasteiger partial charge on any atom is -0.391 e. The van der Waals surface area contributed by atoms with Crippen LogP contribution >= 0.6 is 0 Å². The molecule has 0 saturated carbocycles. The summed E-state index contributed by atoms with van der Waals surface area (Å²) >= 11 is 0. The molecule has 0 bridgehead atoms. The smallest absolute Gasteiger partial charge is 0.251 e. The normalized spacial score (nSPS) is 23.1. The van der Waals surface area contributed by atoms with Crippen LogP contribution in [0.4, 0.5) is 4.39 Å². The first-order valence-corrected chi connectivity index (χ1v) is 6.01. The summed E-state index contributed by atoms with van der Waals surface area (Å²) in [6.07, 6.45) is -0.432. The van der Waals surface area contributed by atoms with Crippen LogP contribution in [0.15, 0.2) is 18.2 Å². The van der Waals surface area contributed by atoms with Crippen LogP contribution in [0.2, 0.25) is 0 Å². The van der Waals surface area contributed by atoms with Gasteiger partial charge in [-0.2, -0.15) is 0 Å². The summed E-state index contributed by atoms with van der Waals surface area (Å²) in [5.74, 6) is -0.706. The first-order valence-electron chi connectivity index (χ1n) is 6.01. The summed E-state index contributed by atoms with van der Waals surface area (Å²) in [4.78, 5) is 11.9. The molecule has 0 aromatic heterocycles. The van der Waals surface area contributed by atoms with E-state index in [1.54, 1.807) is 13.0 Å². The molecule has 1 amide bonds. The fourth-order valence-corrected chi connectivity index (χ4v) is 2.09. The maximum Gasteiger partial charge on any atom is 0.251 e. The third-order valence-electron chi connectivity index (χ3n) is 3.27. The highest BCUT2D eigenvalue weighted by Crippen LogP contribution is 2.11. The van der Waals surface area contributed by atoms with Crippen molar-refractivity contribution in [2.45, 2.75) is 13.0 Å². The largest absolute Gasteiger partial charge is 0.391 e. The maximum absolute atomic E-state index is 13.1. The van der Waals surface area contributed by atoms with Gasteiger partial charge in [-0.15, -0.1) is 0 Å². The SMILES string of the molecule is Cc1ccc(F)cc1C(=O)NCC1CNCC1O. The molecule has 0 spiro atoms. The number of benzene rings is 1. The lowest BCUT2D eigenvalue weighted by atomic mass is 10.1. The molecule has 0 aliphatic carbocycles. The molecule has 2 unspecified atom stereocenters. The number of aliphatic hydroxyl groups is 1. The zero-order valence-electron chi connectivity index (χ0n) is 10.2. The Morgan fingerprint density at radius 2 is 2.33 bits per heavy atom. The van der Waals surface area contributed by atoms with E-state index in [-0.39, 0.29) is 11.8 Å². The number of carbonyl (C=O) groups is 1. The first kappa shape index (κ1) is 13.0. The highest BCUT2D eigenvalue weighted by molar-refractivity contribution is 5.95. The number of aryl methyl sites for hydroxylation is 1. The van der Waals surface area contributed by atoms with Crippen LogP contribution < -0.4 is 10.6 Å². The van der Waals surface area contributed by atoms with E-state index < -0.39 is 11.9 Å². The molecule has 98 valence electrons. The van der Waals surface area contributed by atoms with Crippen molar-refractivity contribution in [3.8, 4) is 0 Å². The van der Waals surface area contributed by atoms with E-state index in [0.29, 0.717) is 25.2 Å². The molecule has 1 aliphatic heterocycles. The Hall–Kier alpha value is -1.46. The zero-order valence-corrected chi connectivity index (χ0v) is 10.2. The number of amides is 1. The molecule has 3 N–H and O–H groups in total. The standard InChI is InChI=1S/C13H17FN2O2/c1-8-2-3-10(14)4-11(8)13(18)16-6-9-5-15-7-12(9)17/h2-4,9,12,15,17H,5-7H2,1H3,(H,16,18). The maximum atomic E-state index is 13.1. The fraction of sp³-hybridized carbons (Fsp3) is 0.462. The van der Waals surface area contributed by atoms with Gasteiger partial charge in [0.05, 0.1) is 6.10 Å². The Morgan fingerprint density at radius 1 is 1.56 bits per heavy atom. The van der Waals surface area contributed by atoms with E-state index in [9.17, 15) is 14.3 Å². The van der Waals surface area contributed by atoms with Gasteiger partial charge in [-0.1, -0.05) is 6.07 Å². The van der Waals surface area contributed by atoms with Gasteiger partial charge in [0.15, 0.2) is 0 Å². The summed E-state index contributed by atoms with van der Waals surface area (Å²) in [5, 5.41) is 15.4. The number of carbonyl (C=O) groups excluding carboxylic acids is 1. The van der Waals surface area contributed by atoms with E-state index >= 15 is 0 Å². The Bertz CT molecular complexity index is 451. The molecular formula is C13H17FN2O2. The van der Waals surface area contributed by atoms with E-state index in [2.05, 4.69) is 10.6 Å². The molecule has 4 nitrogen and oxygen atoms in total. The van der Waals surface area contributed by atoms with E-state index in [4.69, 9.17) is 0 Å². The molecule has 1 aromatic rings. The average molecular weight is 252 g/mol. The molecule has 1 aromatic carbocycles. The van der Waals surface area contributed by atoms with Gasteiger partial charge >= 0.3 is 0 Å². The van der Waals surface area contributed by atoms with Crippen molar-refractivity contribution in [2.75, 3.05) is 19.6 Å². The van der Waals surface area contributed by atoms with Crippen LogP contribution in [-0.2, 0) is 0 Å². The van der Waals surface area contributed by atoms with Crippen LogP contribution in [0.3, 0.4) is 0 Å². The lowest BCUT2D eigenvalue weighted by molar-refractivity contribution is 0.0926. The second-order valence-corrected chi connectivity index (χ2v) is 4.65. The topological polar surface area (TPSA) is 61.4 Å². The number of nitrogens with one attached hydrogen (secondary N) is 2. The average Bonchev–Trinajstić information content (AvgIpc) is 2.75.